The molecule has 1 fully saturated rings. The van der Waals surface area contributed by atoms with Crippen LogP contribution in [-0.4, -0.2) is 18.4 Å². The molecule has 1 saturated heterocycles. The van der Waals surface area contributed by atoms with Crippen LogP contribution in [-0.2, 0) is 4.79 Å². The molecule has 15 heavy (non-hydrogen) atoms. The molecule has 0 aromatic heterocycles. The molecule has 0 aliphatic carbocycles. The van der Waals surface area contributed by atoms with Crippen molar-refractivity contribution < 1.29 is 4.79 Å². The number of ketones is 1. The van der Waals surface area contributed by atoms with Crippen LogP contribution in [0.3, 0.4) is 0 Å². The lowest BCUT2D eigenvalue weighted by atomic mass is 9.97. The molecule has 0 radical (unpaired) electrons. The summed E-state index contributed by atoms with van der Waals surface area (Å²) in [7, 11) is 0. The van der Waals surface area contributed by atoms with E-state index < -0.39 is 0 Å². The van der Waals surface area contributed by atoms with Crippen LogP contribution < -0.4 is 5.32 Å². The summed E-state index contributed by atoms with van der Waals surface area (Å²) >= 11 is 0. The van der Waals surface area contributed by atoms with Gasteiger partial charge in [-0.1, -0.05) is 20.3 Å². The molecule has 88 valence electrons. The zero-order chi connectivity index (χ0) is 11.1. The van der Waals surface area contributed by atoms with E-state index in [1.54, 1.807) is 0 Å². The number of rotatable bonds is 6. The molecule has 1 aliphatic rings. The lowest BCUT2D eigenvalue weighted by Gasteiger charge is -2.23. The maximum Gasteiger partial charge on any atom is 0.132 e. The summed E-state index contributed by atoms with van der Waals surface area (Å²) in [5, 5.41) is 3.49. The molecule has 0 aromatic carbocycles. The van der Waals surface area contributed by atoms with Gasteiger partial charge in [0.2, 0.25) is 0 Å². The largest absolute Gasteiger partial charge is 0.314 e. The first-order valence-electron chi connectivity index (χ1n) is 6.43. The second-order valence-corrected chi connectivity index (χ2v) is 5.16. The minimum Gasteiger partial charge on any atom is -0.314 e. The van der Waals surface area contributed by atoms with Gasteiger partial charge in [0.15, 0.2) is 0 Å². The van der Waals surface area contributed by atoms with E-state index in [2.05, 4.69) is 19.2 Å². The van der Waals surface area contributed by atoms with Crippen molar-refractivity contribution in [3.63, 3.8) is 0 Å². The average molecular weight is 211 g/mol. The van der Waals surface area contributed by atoms with Gasteiger partial charge in [-0.2, -0.15) is 0 Å². The number of nitrogens with one attached hydrogen (secondary N) is 1. The van der Waals surface area contributed by atoms with Crippen molar-refractivity contribution in [3.05, 3.63) is 0 Å². The highest BCUT2D eigenvalue weighted by molar-refractivity contribution is 5.78. The van der Waals surface area contributed by atoms with E-state index in [1.807, 2.05) is 0 Å². The zero-order valence-electron chi connectivity index (χ0n) is 10.2. The Morgan fingerprint density at radius 1 is 1.33 bits per heavy atom. The third-order valence-corrected chi connectivity index (χ3v) is 3.18. The SMILES string of the molecule is CC(C)CCC(=O)CCC1CCCCN1. The Hall–Kier alpha value is -0.370. The van der Waals surface area contributed by atoms with E-state index in [4.69, 9.17) is 0 Å². The minimum atomic E-state index is 0.455. The normalized spacial score (nSPS) is 21.9. The first kappa shape index (κ1) is 12.7. The molecule has 1 heterocycles. The van der Waals surface area contributed by atoms with Crippen molar-refractivity contribution in [2.75, 3.05) is 6.54 Å². The van der Waals surface area contributed by atoms with Gasteiger partial charge >= 0.3 is 0 Å². The molecule has 1 rings (SSSR count). The van der Waals surface area contributed by atoms with Gasteiger partial charge in [-0.15, -0.1) is 0 Å². The summed E-state index contributed by atoms with van der Waals surface area (Å²) in [5.41, 5.74) is 0. The van der Waals surface area contributed by atoms with Gasteiger partial charge in [0.25, 0.3) is 0 Å². The summed E-state index contributed by atoms with van der Waals surface area (Å²) in [6.07, 6.45) is 7.57. The first-order chi connectivity index (χ1) is 7.18. The van der Waals surface area contributed by atoms with Crippen LogP contribution in [0.2, 0.25) is 0 Å². The Morgan fingerprint density at radius 2 is 2.13 bits per heavy atom. The number of piperidine rings is 1. The van der Waals surface area contributed by atoms with Crippen molar-refractivity contribution >= 4 is 5.78 Å². The second kappa shape index (κ2) is 7.00. The summed E-state index contributed by atoms with van der Waals surface area (Å²) in [5.74, 6) is 1.11. The van der Waals surface area contributed by atoms with Gasteiger partial charge in [0.1, 0.15) is 5.78 Å². The quantitative estimate of drug-likeness (QED) is 0.732. The Balaban J connectivity index is 2.05. The van der Waals surface area contributed by atoms with Crippen LogP contribution in [0.4, 0.5) is 0 Å². The van der Waals surface area contributed by atoms with Crippen molar-refractivity contribution in [1.82, 2.24) is 5.32 Å². The topological polar surface area (TPSA) is 29.1 Å². The van der Waals surface area contributed by atoms with Crippen LogP contribution in [0.15, 0.2) is 0 Å². The number of carbonyl (C=O) groups is 1. The minimum absolute atomic E-state index is 0.455. The standard InChI is InChI=1S/C13H25NO/c1-11(2)6-8-13(15)9-7-12-5-3-4-10-14-12/h11-12,14H,3-10H2,1-2H3. The molecule has 1 aliphatic heterocycles. The maximum absolute atomic E-state index is 11.6. The van der Waals surface area contributed by atoms with Crippen LogP contribution in [0.1, 0.15) is 58.8 Å². The van der Waals surface area contributed by atoms with E-state index in [-0.39, 0.29) is 0 Å². The van der Waals surface area contributed by atoms with Crippen molar-refractivity contribution in [2.45, 2.75) is 64.8 Å². The molecule has 0 bridgehead atoms. The highest BCUT2D eigenvalue weighted by atomic mass is 16.1. The third-order valence-electron chi connectivity index (χ3n) is 3.18. The van der Waals surface area contributed by atoms with Gasteiger partial charge in [-0.25, -0.2) is 0 Å². The predicted molar refractivity (Wildman–Crippen MR) is 64.0 cm³/mol. The number of hydrogen-bond acceptors (Lipinski definition) is 2. The highest BCUT2D eigenvalue weighted by Gasteiger charge is 2.13. The third kappa shape index (κ3) is 5.93. The monoisotopic (exact) mass is 211 g/mol. The molecular formula is C13H25NO. The van der Waals surface area contributed by atoms with Gasteiger partial charge in [0.05, 0.1) is 0 Å². The molecule has 2 heteroatoms. The van der Waals surface area contributed by atoms with E-state index >= 15 is 0 Å². The summed E-state index contributed by atoms with van der Waals surface area (Å²) in [6.45, 7) is 5.50. The van der Waals surface area contributed by atoms with E-state index in [0.29, 0.717) is 17.7 Å². The Kier molecular flexibility index (Phi) is 5.92. The average Bonchev–Trinajstić information content (AvgIpc) is 2.25. The van der Waals surface area contributed by atoms with Crippen molar-refractivity contribution in [3.8, 4) is 0 Å². The molecule has 0 saturated carbocycles. The molecule has 0 aromatic rings. The predicted octanol–water partition coefficient (Wildman–Crippen LogP) is 2.91. The zero-order valence-corrected chi connectivity index (χ0v) is 10.2. The fraction of sp³-hybridized carbons (Fsp3) is 0.923. The van der Waals surface area contributed by atoms with Crippen LogP contribution in [0.25, 0.3) is 0 Å². The molecule has 0 spiro atoms. The molecule has 1 unspecified atom stereocenters. The number of hydrogen-bond donors (Lipinski definition) is 1. The van der Waals surface area contributed by atoms with Crippen molar-refractivity contribution in [1.29, 1.82) is 0 Å². The maximum atomic E-state index is 11.6. The molecular weight excluding hydrogens is 186 g/mol. The van der Waals surface area contributed by atoms with Gasteiger partial charge in [-0.3, -0.25) is 4.79 Å². The lowest BCUT2D eigenvalue weighted by Crippen LogP contribution is -2.34. The molecule has 0 amide bonds. The molecule has 1 N–H and O–H groups in total. The Morgan fingerprint density at radius 3 is 2.73 bits per heavy atom. The van der Waals surface area contributed by atoms with E-state index in [1.165, 1.54) is 19.3 Å². The van der Waals surface area contributed by atoms with Gasteiger partial charge < -0.3 is 5.32 Å². The van der Waals surface area contributed by atoms with Crippen molar-refractivity contribution in [2.24, 2.45) is 5.92 Å². The van der Waals surface area contributed by atoms with E-state index in [0.717, 1.165) is 32.2 Å². The summed E-state index contributed by atoms with van der Waals surface area (Å²) in [6, 6.07) is 0.613. The fourth-order valence-corrected chi connectivity index (χ4v) is 2.08. The van der Waals surface area contributed by atoms with E-state index in [9.17, 15) is 4.79 Å². The highest BCUT2D eigenvalue weighted by Crippen LogP contribution is 2.13. The summed E-state index contributed by atoms with van der Waals surface area (Å²) < 4.78 is 0. The van der Waals surface area contributed by atoms with Crippen LogP contribution in [0, 0.1) is 5.92 Å². The second-order valence-electron chi connectivity index (χ2n) is 5.16. The fourth-order valence-electron chi connectivity index (χ4n) is 2.08. The molecule has 1 atom stereocenters. The van der Waals surface area contributed by atoms with Gasteiger partial charge in [0, 0.05) is 18.9 Å². The lowest BCUT2D eigenvalue weighted by molar-refractivity contribution is -0.119. The number of Topliss-reactive ketones (excluding diaryl/α,β-unsaturated/α-hetero) is 1. The number of carbonyl (C=O) groups excluding carboxylic acids is 1. The molecule has 2 nitrogen and oxygen atoms in total. The van der Waals surface area contributed by atoms with Crippen LogP contribution >= 0.6 is 0 Å². The Labute approximate surface area is 93.8 Å². The van der Waals surface area contributed by atoms with Crippen LogP contribution in [0.5, 0.6) is 0 Å². The summed E-state index contributed by atoms with van der Waals surface area (Å²) in [4.78, 5) is 11.6. The first-order valence-corrected chi connectivity index (χ1v) is 6.43. The van der Waals surface area contributed by atoms with Gasteiger partial charge in [-0.05, 0) is 38.1 Å². The smallest absolute Gasteiger partial charge is 0.132 e. The Bertz CT molecular complexity index is 183.